The quantitative estimate of drug-likeness (QED) is 0.260. The summed E-state index contributed by atoms with van der Waals surface area (Å²) in [4.78, 5) is 41.2. The minimum atomic E-state index is -5.39. The number of rotatable bonds is 4. The van der Waals surface area contributed by atoms with Gasteiger partial charge in [-0.25, -0.2) is 28.3 Å². The molecule has 0 saturated carbocycles. The number of pyridine rings is 2. The summed E-state index contributed by atoms with van der Waals surface area (Å²) in [7, 11) is 3.42. The van der Waals surface area contributed by atoms with Gasteiger partial charge in [-0.1, -0.05) is 0 Å². The van der Waals surface area contributed by atoms with Crippen molar-refractivity contribution in [2.24, 2.45) is 0 Å². The number of hydrogen-bond donors (Lipinski definition) is 1. The Hall–Kier alpha value is -4.83. The van der Waals surface area contributed by atoms with Gasteiger partial charge in [0.25, 0.3) is 0 Å². The molecule has 0 unspecified atom stereocenters. The summed E-state index contributed by atoms with van der Waals surface area (Å²) in [6.07, 6.45) is -6.40. The number of hydrogen-bond acceptors (Lipinski definition) is 10. The summed E-state index contributed by atoms with van der Waals surface area (Å²) in [5.41, 5.74) is -3.96. The average molecular weight is 765 g/mol. The molecule has 2 fully saturated rings. The molecular formula is C37H45F5N6O6. The van der Waals surface area contributed by atoms with Gasteiger partial charge in [0.2, 0.25) is 5.88 Å². The maximum Gasteiger partial charge on any atom is 0.573 e. The fourth-order valence-electron chi connectivity index (χ4n) is 7.80. The summed E-state index contributed by atoms with van der Waals surface area (Å²) >= 11 is 0. The fraction of sp³-hybridized carbons (Fsp3) is 0.568. The first kappa shape index (κ1) is 38.9. The van der Waals surface area contributed by atoms with Crippen molar-refractivity contribution in [2.45, 2.75) is 116 Å². The molecule has 54 heavy (non-hydrogen) atoms. The SMILES string of the molecule is Cc1c(N(C)C)nc2c3c(nc(-c4cc(NC(=O)OC(C)(C)C)cc(F)c4OC(F)(F)F)c(F)c13)O[C@@H](C)[C@@H]1[C@@H]3CC[C@](C)(CN21)N3C(=O)OC(C)(C)C. The first-order valence-electron chi connectivity index (χ1n) is 17.5. The summed E-state index contributed by atoms with van der Waals surface area (Å²) in [6.45, 7) is 15.7. The number of halogens is 5. The van der Waals surface area contributed by atoms with Crippen LogP contribution in [0, 0.1) is 18.6 Å². The van der Waals surface area contributed by atoms with Crippen LogP contribution in [0.2, 0.25) is 0 Å². The van der Waals surface area contributed by atoms with Crippen LogP contribution in [-0.2, 0) is 9.47 Å². The number of carbonyl (C=O) groups excluding carboxylic acids is 2. The predicted molar refractivity (Wildman–Crippen MR) is 191 cm³/mol. The molecule has 0 spiro atoms. The van der Waals surface area contributed by atoms with E-state index in [1.54, 1.807) is 79.3 Å². The van der Waals surface area contributed by atoms with E-state index in [1.807, 2.05) is 11.8 Å². The highest BCUT2D eigenvalue weighted by Gasteiger charge is 2.59. The van der Waals surface area contributed by atoms with Crippen LogP contribution in [0.1, 0.15) is 73.8 Å². The standard InChI is InChI=1S/C37H45F5N6O6/c1-17-23-24-30(45-29(17)46(10)11)47-16-36(9)13-12-22(48(36)33(50)54-35(6,7)8)27(47)18(2)51-31(24)44-26(25(23)39)20-14-19(43-32(49)53-34(3,4)5)15-21(38)28(20)52-37(40,41)42/h14-15,18,22,27H,12-13,16H2,1-11H3,(H,43,49)/t18-,22-,27+,36+/m0/s1. The van der Waals surface area contributed by atoms with Crippen molar-refractivity contribution in [3.63, 3.8) is 0 Å². The second-order valence-electron chi connectivity index (χ2n) is 16.5. The van der Waals surface area contributed by atoms with Gasteiger partial charge in [0.05, 0.1) is 28.6 Å². The van der Waals surface area contributed by atoms with Gasteiger partial charge in [-0.15, -0.1) is 13.2 Å². The van der Waals surface area contributed by atoms with Crippen LogP contribution in [0.25, 0.3) is 22.0 Å². The molecule has 0 aliphatic carbocycles. The van der Waals surface area contributed by atoms with Gasteiger partial charge in [-0.2, -0.15) is 0 Å². The summed E-state index contributed by atoms with van der Waals surface area (Å²) in [5.74, 6) is -3.54. The van der Waals surface area contributed by atoms with E-state index < -0.39 is 82.1 Å². The number of nitrogens with zero attached hydrogens (tertiary/aromatic N) is 5. The highest BCUT2D eigenvalue weighted by Crippen LogP contribution is 2.52. The van der Waals surface area contributed by atoms with E-state index in [0.717, 1.165) is 6.07 Å². The normalized spacial score (nSPS) is 22.3. The molecule has 2 amide bonds. The third kappa shape index (κ3) is 7.08. The molecule has 2 bridgehead atoms. The molecule has 4 atom stereocenters. The summed E-state index contributed by atoms with van der Waals surface area (Å²) < 4.78 is 96.0. The van der Waals surface area contributed by atoms with Crippen LogP contribution in [0.5, 0.6) is 11.6 Å². The Morgan fingerprint density at radius 2 is 1.67 bits per heavy atom. The van der Waals surface area contributed by atoms with Gasteiger partial charge in [0, 0.05) is 43.3 Å². The molecule has 1 aromatic carbocycles. The van der Waals surface area contributed by atoms with E-state index in [4.69, 9.17) is 19.2 Å². The van der Waals surface area contributed by atoms with Crippen molar-refractivity contribution < 1.29 is 50.5 Å². The average Bonchev–Trinajstić information content (AvgIpc) is 3.17. The van der Waals surface area contributed by atoms with Gasteiger partial charge in [0.15, 0.2) is 17.4 Å². The third-order valence-electron chi connectivity index (χ3n) is 9.63. The maximum absolute atomic E-state index is 17.3. The first-order chi connectivity index (χ1) is 24.8. The molecule has 294 valence electrons. The molecular weight excluding hydrogens is 719 g/mol. The number of anilines is 3. The van der Waals surface area contributed by atoms with Gasteiger partial charge in [0.1, 0.15) is 34.6 Å². The van der Waals surface area contributed by atoms with Crippen molar-refractivity contribution >= 4 is 40.3 Å². The lowest BCUT2D eigenvalue weighted by atomic mass is 9.93. The zero-order valence-corrected chi connectivity index (χ0v) is 32.1. The Balaban J connectivity index is 1.59. The molecule has 0 radical (unpaired) electrons. The lowest BCUT2D eigenvalue weighted by Crippen LogP contribution is -2.69. The van der Waals surface area contributed by atoms with Gasteiger partial charge in [-0.3, -0.25) is 10.2 Å². The van der Waals surface area contributed by atoms with Crippen molar-refractivity contribution in [1.29, 1.82) is 0 Å². The van der Waals surface area contributed by atoms with Crippen LogP contribution < -0.4 is 24.6 Å². The van der Waals surface area contributed by atoms with Gasteiger partial charge < -0.3 is 28.7 Å². The van der Waals surface area contributed by atoms with E-state index in [0.29, 0.717) is 36.1 Å². The monoisotopic (exact) mass is 764 g/mol. The molecule has 1 N–H and O–H groups in total. The first-order valence-corrected chi connectivity index (χ1v) is 17.5. The number of piperazine rings is 1. The number of fused-ring (bicyclic) bond motifs is 5. The maximum atomic E-state index is 17.3. The number of aromatic nitrogens is 2. The Bertz CT molecular complexity index is 2030. The Labute approximate surface area is 309 Å². The topological polar surface area (TPSA) is 119 Å². The molecule has 17 heteroatoms. The minimum absolute atomic E-state index is 0.0764. The molecule has 3 aromatic rings. The molecule has 3 aliphatic heterocycles. The summed E-state index contributed by atoms with van der Waals surface area (Å²) in [5, 5.41) is 2.37. The second kappa shape index (κ2) is 12.9. The Kier molecular flexibility index (Phi) is 9.28. The smallest absolute Gasteiger partial charge is 0.472 e. The molecule has 5 heterocycles. The lowest BCUT2D eigenvalue weighted by molar-refractivity contribution is -0.275. The minimum Gasteiger partial charge on any atom is -0.472 e. The van der Waals surface area contributed by atoms with Crippen LogP contribution in [0.15, 0.2) is 12.1 Å². The second-order valence-corrected chi connectivity index (χ2v) is 16.5. The predicted octanol–water partition coefficient (Wildman–Crippen LogP) is 8.32. The van der Waals surface area contributed by atoms with Crippen LogP contribution in [0.4, 0.5) is 48.9 Å². The van der Waals surface area contributed by atoms with Crippen LogP contribution in [-0.4, -0.2) is 89.0 Å². The van der Waals surface area contributed by atoms with E-state index in [1.165, 1.54) is 0 Å². The third-order valence-corrected chi connectivity index (χ3v) is 9.63. The number of aryl methyl sites for hydroxylation is 1. The van der Waals surface area contributed by atoms with E-state index in [9.17, 15) is 22.8 Å². The largest absolute Gasteiger partial charge is 0.573 e. The van der Waals surface area contributed by atoms with Gasteiger partial charge in [-0.05, 0) is 81.2 Å². The van der Waals surface area contributed by atoms with Crippen molar-refractivity contribution in [3.8, 4) is 22.9 Å². The fourth-order valence-corrected chi connectivity index (χ4v) is 7.80. The number of ether oxygens (including phenoxy) is 4. The zero-order chi connectivity index (χ0) is 40.0. The highest BCUT2D eigenvalue weighted by molar-refractivity contribution is 6.03. The number of amides is 2. The number of alkyl halides is 3. The molecule has 2 saturated heterocycles. The summed E-state index contributed by atoms with van der Waals surface area (Å²) in [6, 6.07) is 0.557. The molecule has 12 nitrogen and oxygen atoms in total. The van der Waals surface area contributed by atoms with Gasteiger partial charge >= 0.3 is 18.5 Å². The van der Waals surface area contributed by atoms with E-state index in [2.05, 4.69) is 15.0 Å². The van der Waals surface area contributed by atoms with Crippen molar-refractivity contribution in [3.05, 3.63) is 29.3 Å². The number of nitrogens with one attached hydrogen (secondary N) is 1. The molecule has 3 aliphatic rings. The van der Waals surface area contributed by atoms with Crippen molar-refractivity contribution in [1.82, 2.24) is 14.9 Å². The highest BCUT2D eigenvalue weighted by atomic mass is 19.4. The number of carbonyl (C=O) groups is 2. The number of benzene rings is 1. The van der Waals surface area contributed by atoms with E-state index >= 15 is 8.78 Å². The van der Waals surface area contributed by atoms with E-state index in [-0.39, 0.29) is 28.9 Å². The van der Waals surface area contributed by atoms with Crippen LogP contribution in [0.3, 0.4) is 0 Å². The Morgan fingerprint density at radius 1 is 1.02 bits per heavy atom. The van der Waals surface area contributed by atoms with Crippen LogP contribution >= 0.6 is 0 Å². The van der Waals surface area contributed by atoms with Crippen molar-refractivity contribution in [2.75, 3.05) is 35.8 Å². The molecule has 6 rings (SSSR count). The Morgan fingerprint density at radius 3 is 2.26 bits per heavy atom. The molecule has 2 aromatic heterocycles. The zero-order valence-electron chi connectivity index (χ0n) is 32.1. The lowest BCUT2D eigenvalue weighted by Gasteiger charge is -2.52.